The van der Waals surface area contributed by atoms with Gasteiger partial charge in [-0.2, -0.15) is 4.80 Å². The van der Waals surface area contributed by atoms with Crippen LogP contribution in [0.15, 0.2) is 65.2 Å². The summed E-state index contributed by atoms with van der Waals surface area (Å²) in [7, 11) is 0. The summed E-state index contributed by atoms with van der Waals surface area (Å²) in [5.74, 6) is 0.709. The molecule has 0 bridgehead atoms. The van der Waals surface area contributed by atoms with Crippen LogP contribution in [0, 0.1) is 11.7 Å². The number of nitrogens with one attached hydrogen (secondary N) is 1. The lowest BCUT2D eigenvalue weighted by Crippen LogP contribution is -2.50. The maximum absolute atomic E-state index is 13.8. The molecule has 2 aromatic carbocycles. The van der Waals surface area contributed by atoms with Gasteiger partial charge in [-0.3, -0.25) is 19.5 Å². The number of hydrogen-bond acceptors (Lipinski definition) is 9. The zero-order chi connectivity index (χ0) is 31.5. The van der Waals surface area contributed by atoms with Gasteiger partial charge in [0, 0.05) is 50.6 Å². The molecule has 0 spiro atoms. The summed E-state index contributed by atoms with van der Waals surface area (Å²) < 4.78 is 19.7. The Hall–Kier alpha value is -5.04. The molecule has 4 heterocycles. The van der Waals surface area contributed by atoms with Crippen LogP contribution in [-0.4, -0.2) is 78.0 Å². The highest BCUT2D eigenvalue weighted by molar-refractivity contribution is 5.94. The SMILES string of the molecule is CC(=O)Nc1ccc2oc(-c3ccnc(C(=O)N4CCN(C(c5ccc(F)cc5)c5nnn(CCC(C)C)n5)CC4)c3)nc2c1. The van der Waals surface area contributed by atoms with E-state index in [0.717, 1.165) is 12.0 Å². The first-order valence-electron chi connectivity index (χ1n) is 14.9. The van der Waals surface area contributed by atoms with Gasteiger partial charge in [-0.05, 0) is 65.6 Å². The number of tetrazole rings is 1. The Morgan fingerprint density at radius 3 is 2.53 bits per heavy atom. The monoisotopic (exact) mass is 611 g/mol. The highest BCUT2D eigenvalue weighted by atomic mass is 19.1. The van der Waals surface area contributed by atoms with Crippen molar-refractivity contribution in [2.24, 2.45) is 5.92 Å². The molecule has 1 unspecified atom stereocenters. The molecule has 2 amide bonds. The van der Waals surface area contributed by atoms with E-state index in [1.807, 2.05) is 0 Å². The molecule has 1 N–H and O–H groups in total. The topological polar surface area (TPSA) is 135 Å². The minimum absolute atomic E-state index is 0.177. The molecule has 1 saturated heterocycles. The fourth-order valence-electron chi connectivity index (χ4n) is 5.36. The number of rotatable bonds is 9. The highest BCUT2D eigenvalue weighted by Crippen LogP contribution is 2.29. The highest BCUT2D eigenvalue weighted by Gasteiger charge is 2.32. The Bertz CT molecular complexity index is 1810. The number of carbonyl (C=O) groups excluding carboxylic acids is 2. The zero-order valence-electron chi connectivity index (χ0n) is 25.4. The van der Waals surface area contributed by atoms with Crippen LogP contribution in [0.2, 0.25) is 0 Å². The zero-order valence-corrected chi connectivity index (χ0v) is 25.4. The van der Waals surface area contributed by atoms with Crippen LogP contribution >= 0.6 is 0 Å². The molecular weight excluding hydrogens is 577 g/mol. The number of anilines is 1. The Labute approximate surface area is 259 Å². The van der Waals surface area contributed by atoms with E-state index in [-0.39, 0.29) is 29.4 Å². The molecule has 13 heteroatoms. The van der Waals surface area contributed by atoms with Crippen molar-refractivity contribution in [3.8, 4) is 11.5 Å². The summed E-state index contributed by atoms with van der Waals surface area (Å²) in [6, 6.07) is 14.7. The third-order valence-corrected chi connectivity index (χ3v) is 7.71. The second kappa shape index (κ2) is 12.9. The van der Waals surface area contributed by atoms with Crippen molar-refractivity contribution in [2.75, 3.05) is 31.5 Å². The van der Waals surface area contributed by atoms with Crippen molar-refractivity contribution in [1.82, 2.24) is 40.0 Å². The van der Waals surface area contributed by atoms with Crippen LogP contribution in [0.1, 0.15) is 55.1 Å². The summed E-state index contributed by atoms with van der Waals surface area (Å²) in [5.41, 5.74) is 3.52. The minimum Gasteiger partial charge on any atom is -0.436 e. The molecule has 0 saturated carbocycles. The minimum atomic E-state index is -0.331. The normalized spacial score (nSPS) is 14.6. The van der Waals surface area contributed by atoms with Crippen molar-refractivity contribution in [3.63, 3.8) is 0 Å². The smallest absolute Gasteiger partial charge is 0.272 e. The van der Waals surface area contributed by atoms with Crippen LogP contribution in [0.5, 0.6) is 0 Å². The fourth-order valence-corrected chi connectivity index (χ4v) is 5.36. The first-order valence-corrected chi connectivity index (χ1v) is 14.9. The largest absolute Gasteiger partial charge is 0.436 e. The van der Waals surface area contributed by atoms with Crippen molar-refractivity contribution < 1.29 is 18.4 Å². The van der Waals surface area contributed by atoms with Gasteiger partial charge in [0.1, 0.15) is 17.0 Å². The van der Waals surface area contributed by atoms with Crippen molar-refractivity contribution >= 4 is 28.6 Å². The van der Waals surface area contributed by atoms with E-state index in [4.69, 9.17) is 4.42 Å². The van der Waals surface area contributed by atoms with Crippen LogP contribution in [0.25, 0.3) is 22.6 Å². The Balaban J connectivity index is 1.17. The standard InChI is InChI=1S/C32H34FN9O3/c1-20(2)11-13-42-38-30(37-39-42)29(22-4-6-24(33)7-5-22)40-14-16-41(17-15-40)32(44)27-18-23(10-12-34-27)31-36-26-19-25(35-21(3)43)8-9-28(26)45-31/h4-10,12,18-20,29H,11,13-17H2,1-3H3,(H,35,43). The molecule has 12 nitrogen and oxygen atoms in total. The van der Waals surface area contributed by atoms with Crippen molar-refractivity contribution in [1.29, 1.82) is 0 Å². The summed E-state index contributed by atoms with van der Waals surface area (Å²) >= 11 is 0. The lowest BCUT2D eigenvalue weighted by atomic mass is 10.0. The van der Waals surface area contributed by atoms with Gasteiger partial charge in [0.05, 0.1) is 12.6 Å². The van der Waals surface area contributed by atoms with Crippen LogP contribution < -0.4 is 5.32 Å². The molecule has 1 aliphatic rings. The predicted molar refractivity (Wildman–Crippen MR) is 165 cm³/mol. The number of fused-ring (bicyclic) bond motifs is 1. The number of pyridine rings is 1. The van der Waals surface area contributed by atoms with E-state index in [1.165, 1.54) is 19.1 Å². The number of benzene rings is 2. The van der Waals surface area contributed by atoms with E-state index in [1.54, 1.807) is 58.4 Å². The quantitative estimate of drug-likeness (QED) is 0.254. The number of oxazole rings is 1. The van der Waals surface area contributed by atoms with Gasteiger partial charge in [0.2, 0.25) is 11.8 Å². The Kier molecular flexibility index (Phi) is 8.60. The fraction of sp³-hybridized carbons (Fsp3) is 0.344. The van der Waals surface area contributed by atoms with Gasteiger partial charge in [0.15, 0.2) is 11.4 Å². The number of aromatic nitrogens is 6. The third kappa shape index (κ3) is 6.88. The molecule has 5 aromatic rings. The van der Waals surface area contributed by atoms with Gasteiger partial charge in [0.25, 0.3) is 5.91 Å². The van der Waals surface area contributed by atoms with Gasteiger partial charge in [-0.1, -0.05) is 26.0 Å². The number of nitrogens with zero attached hydrogens (tertiary/aromatic N) is 8. The first kappa shape index (κ1) is 30.0. The average Bonchev–Trinajstić information content (AvgIpc) is 3.68. The van der Waals surface area contributed by atoms with Crippen LogP contribution in [0.4, 0.5) is 10.1 Å². The lowest BCUT2D eigenvalue weighted by Gasteiger charge is -2.38. The molecule has 1 fully saturated rings. The summed E-state index contributed by atoms with van der Waals surface area (Å²) in [5, 5.41) is 16.0. The first-order chi connectivity index (χ1) is 21.7. The molecular formula is C32H34FN9O3. The van der Waals surface area contributed by atoms with Crippen molar-refractivity contribution in [2.45, 2.75) is 39.8 Å². The predicted octanol–water partition coefficient (Wildman–Crippen LogP) is 4.57. The number of piperazine rings is 1. The van der Waals surface area contributed by atoms with Gasteiger partial charge in [-0.25, -0.2) is 9.37 Å². The third-order valence-electron chi connectivity index (χ3n) is 7.71. The van der Waals surface area contributed by atoms with E-state index in [0.29, 0.717) is 72.7 Å². The molecule has 0 radical (unpaired) electrons. The van der Waals surface area contributed by atoms with E-state index < -0.39 is 0 Å². The van der Waals surface area contributed by atoms with Gasteiger partial charge < -0.3 is 14.6 Å². The Morgan fingerprint density at radius 2 is 1.80 bits per heavy atom. The van der Waals surface area contributed by atoms with E-state index in [2.05, 4.69) is 49.4 Å². The van der Waals surface area contributed by atoms with Crippen LogP contribution in [0.3, 0.4) is 0 Å². The maximum Gasteiger partial charge on any atom is 0.272 e. The average molecular weight is 612 g/mol. The molecule has 1 atom stereocenters. The van der Waals surface area contributed by atoms with E-state index in [9.17, 15) is 14.0 Å². The number of amides is 2. The second-order valence-corrected chi connectivity index (χ2v) is 11.5. The molecule has 45 heavy (non-hydrogen) atoms. The lowest BCUT2D eigenvalue weighted by molar-refractivity contribution is -0.114. The molecule has 232 valence electrons. The molecule has 1 aliphatic heterocycles. The molecule has 6 rings (SSSR count). The maximum atomic E-state index is 13.8. The summed E-state index contributed by atoms with van der Waals surface area (Å²) in [6.45, 7) is 8.41. The number of carbonyl (C=O) groups is 2. The summed E-state index contributed by atoms with van der Waals surface area (Å²) in [4.78, 5) is 39.5. The Morgan fingerprint density at radius 1 is 1.02 bits per heavy atom. The van der Waals surface area contributed by atoms with Crippen LogP contribution in [-0.2, 0) is 11.3 Å². The van der Waals surface area contributed by atoms with E-state index >= 15 is 0 Å². The number of hydrogen-bond donors (Lipinski definition) is 1. The van der Waals surface area contributed by atoms with Crippen molar-refractivity contribution in [3.05, 3.63) is 83.7 Å². The second-order valence-electron chi connectivity index (χ2n) is 11.5. The number of halogens is 1. The molecule has 0 aliphatic carbocycles. The van der Waals surface area contributed by atoms with Gasteiger partial charge >= 0.3 is 0 Å². The molecule has 3 aromatic heterocycles. The summed E-state index contributed by atoms with van der Waals surface area (Å²) in [6.07, 6.45) is 2.49. The number of aryl methyl sites for hydroxylation is 1. The van der Waals surface area contributed by atoms with Gasteiger partial charge in [-0.15, -0.1) is 10.2 Å².